The van der Waals surface area contributed by atoms with Gasteiger partial charge in [-0.05, 0) is 37.3 Å². The molecule has 1 aromatic heterocycles. The van der Waals surface area contributed by atoms with Gasteiger partial charge in [-0.1, -0.05) is 31.0 Å². The number of hydrogen-bond donors (Lipinski definition) is 1. The van der Waals surface area contributed by atoms with Crippen molar-refractivity contribution in [2.24, 2.45) is 13.0 Å². The van der Waals surface area contributed by atoms with Crippen molar-refractivity contribution in [3.63, 3.8) is 0 Å². The lowest BCUT2D eigenvalue weighted by molar-refractivity contribution is 0.0837. The maximum atomic E-state index is 12.9. The van der Waals surface area contributed by atoms with Gasteiger partial charge in [-0.25, -0.2) is 13.4 Å². The summed E-state index contributed by atoms with van der Waals surface area (Å²) in [6.07, 6.45) is 7.57. The van der Waals surface area contributed by atoms with Crippen LogP contribution in [0.2, 0.25) is 0 Å². The molecule has 2 fully saturated rings. The fourth-order valence-corrected chi connectivity index (χ4v) is 5.37. The fourth-order valence-electron chi connectivity index (χ4n) is 3.97. The van der Waals surface area contributed by atoms with Crippen molar-refractivity contribution in [2.75, 3.05) is 13.1 Å². The van der Waals surface area contributed by atoms with Crippen molar-refractivity contribution >= 4 is 15.9 Å². The van der Waals surface area contributed by atoms with Gasteiger partial charge in [0, 0.05) is 37.4 Å². The van der Waals surface area contributed by atoms with Gasteiger partial charge < -0.3 is 9.88 Å². The molecule has 1 saturated carbocycles. The summed E-state index contributed by atoms with van der Waals surface area (Å²) in [6, 6.07) is 9.20. The van der Waals surface area contributed by atoms with E-state index in [2.05, 4.69) is 10.3 Å². The number of sulfonamides is 1. The van der Waals surface area contributed by atoms with Crippen LogP contribution < -0.4 is 5.32 Å². The Morgan fingerprint density at radius 1 is 1.21 bits per heavy atom. The maximum absolute atomic E-state index is 12.9. The number of nitrogens with one attached hydrogen (secondary N) is 1. The van der Waals surface area contributed by atoms with E-state index in [0.717, 1.165) is 6.42 Å². The topological polar surface area (TPSA) is 84.3 Å². The molecule has 0 spiro atoms. The number of carbonyl (C=O) groups is 1. The third kappa shape index (κ3) is 3.98. The molecule has 1 N–H and O–H groups in total. The number of imidazole rings is 1. The lowest BCUT2D eigenvalue weighted by Gasteiger charge is -2.42. The van der Waals surface area contributed by atoms with E-state index in [1.165, 1.54) is 29.7 Å². The zero-order valence-corrected chi connectivity index (χ0v) is 16.9. The molecular weight excluding hydrogens is 376 g/mol. The Hall–Kier alpha value is -2.19. The van der Waals surface area contributed by atoms with Crippen molar-refractivity contribution < 1.29 is 13.2 Å². The van der Waals surface area contributed by atoms with Gasteiger partial charge in [0.05, 0.1) is 6.33 Å². The summed E-state index contributed by atoms with van der Waals surface area (Å²) in [7, 11) is -1.84. The zero-order chi connectivity index (χ0) is 19.8. The van der Waals surface area contributed by atoms with Gasteiger partial charge >= 0.3 is 0 Å². The van der Waals surface area contributed by atoms with Crippen LogP contribution in [0.1, 0.15) is 42.5 Å². The SMILES string of the molecule is Cn1cnc(S(=O)(=O)N2CCC(CC3CC3)(NC(=O)c3ccccc3)CC2)c1. The quantitative estimate of drug-likeness (QED) is 0.803. The fraction of sp³-hybridized carbons (Fsp3) is 0.500. The van der Waals surface area contributed by atoms with Crippen molar-refractivity contribution in [1.29, 1.82) is 0 Å². The molecule has 1 aromatic carbocycles. The van der Waals surface area contributed by atoms with Crippen molar-refractivity contribution in [3.8, 4) is 0 Å². The Balaban J connectivity index is 1.49. The number of rotatable bonds is 6. The number of hydrogen-bond acceptors (Lipinski definition) is 4. The maximum Gasteiger partial charge on any atom is 0.262 e. The second-order valence-corrected chi connectivity index (χ2v) is 9.91. The molecule has 4 rings (SSSR count). The molecule has 8 heteroatoms. The minimum absolute atomic E-state index is 0.0812. The van der Waals surface area contributed by atoms with Crippen molar-refractivity contribution in [1.82, 2.24) is 19.2 Å². The van der Waals surface area contributed by atoms with E-state index in [-0.39, 0.29) is 16.5 Å². The van der Waals surface area contributed by atoms with E-state index >= 15 is 0 Å². The lowest BCUT2D eigenvalue weighted by Crippen LogP contribution is -2.56. The largest absolute Gasteiger partial charge is 0.346 e. The standard InChI is InChI=1S/C20H26N4O3S/c1-23-14-18(21-15-23)28(26,27)24-11-9-20(10-12-24,13-16-7-8-16)22-19(25)17-5-3-2-4-6-17/h2-6,14-16H,7-13H2,1H3,(H,22,25). The van der Waals surface area contributed by atoms with Gasteiger partial charge in [-0.15, -0.1) is 0 Å². The normalized spacial score (nSPS) is 20.0. The summed E-state index contributed by atoms with van der Waals surface area (Å²) in [5.74, 6) is 0.553. The second kappa shape index (κ2) is 7.33. The van der Waals surface area contributed by atoms with Gasteiger partial charge in [-0.3, -0.25) is 4.79 Å². The summed E-state index contributed by atoms with van der Waals surface area (Å²) in [5.41, 5.74) is 0.297. The molecule has 7 nitrogen and oxygen atoms in total. The van der Waals surface area contributed by atoms with E-state index < -0.39 is 10.0 Å². The highest BCUT2D eigenvalue weighted by Gasteiger charge is 2.43. The number of nitrogens with zero attached hydrogens (tertiary/aromatic N) is 3. The van der Waals surface area contributed by atoms with Crippen LogP contribution in [0.5, 0.6) is 0 Å². The first-order chi connectivity index (χ1) is 13.4. The average Bonchev–Trinajstić information content (AvgIpc) is 3.38. The molecule has 150 valence electrons. The molecule has 2 aliphatic rings. The third-order valence-electron chi connectivity index (χ3n) is 5.76. The Labute approximate surface area is 165 Å². The number of benzene rings is 1. The first-order valence-corrected chi connectivity index (χ1v) is 11.2. The highest BCUT2D eigenvalue weighted by atomic mass is 32.2. The Bertz CT molecular complexity index is 943. The van der Waals surface area contributed by atoms with E-state index in [1.807, 2.05) is 18.2 Å². The van der Waals surface area contributed by atoms with Crippen LogP contribution in [-0.4, -0.2) is 46.8 Å². The van der Waals surface area contributed by atoms with Crippen molar-refractivity contribution in [3.05, 3.63) is 48.4 Å². The molecule has 0 atom stereocenters. The van der Waals surface area contributed by atoms with Gasteiger partial charge in [0.1, 0.15) is 0 Å². The molecule has 0 radical (unpaired) electrons. The molecule has 1 aliphatic carbocycles. The number of amides is 1. The van der Waals surface area contributed by atoms with E-state index in [9.17, 15) is 13.2 Å². The number of carbonyl (C=O) groups excluding carboxylic acids is 1. The molecule has 0 unspecified atom stereocenters. The van der Waals surface area contributed by atoms with Crippen LogP contribution in [0.15, 0.2) is 47.9 Å². The molecular formula is C20H26N4O3S. The summed E-state index contributed by atoms with van der Waals surface area (Å²) in [6.45, 7) is 0.779. The number of aryl methyl sites for hydroxylation is 1. The smallest absolute Gasteiger partial charge is 0.262 e. The highest BCUT2D eigenvalue weighted by Crippen LogP contribution is 2.41. The van der Waals surface area contributed by atoms with Crippen LogP contribution in [0.4, 0.5) is 0 Å². The Kier molecular flexibility index (Phi) is 5.01. The van der Waals surface area contributed by atoms with Crippen LogP contribution in [0.3, 0.4) is 0 Å². The van der Waals surface area contributed by atoms with Gasteiger partial charge in [0.25, 0.3) is 15.9 Å². The molecule has 1 saturated heterocycles. The van der Waals surface area contributed by atoms with E-state index in [4.69, 9.17) is 0 Å². The zero-order valence-electron chi connectivity index (χ0n) is 16.0. The summed E-state index contributed by atoms with van der Waals surface area (Å²) in [4.78, 5) is 16.8. The minimum Gasteiger partial charge on any atom is -0.346 e. The number of aromatic nitrogens is 2. The summed E-state index contributed by atoms with van der Waals surface area (Å²) in [5, 5.41) is 3.34. The van der Waals surface area contributed by atoms with Gasteiger partial charge in [0.15, 0.2) is 5.03 Å². The minimum atomic E-state index is -3.60. The lowest BCUT2D eigenvalue weighted by atomic mass is 9.83. The van der Waals surface area contributed by atoms with E-state index in [0.29, 0.717) is 37.4 Å². The monoisotopic (exact) mass is 402 g/mol. The Morgan fingerprint density at radius 3 is 2.46 bits per heavy atom. The molecule has 2 aromatic rings. The molecule has 0 bridgehead atoms. The summed E-state index contributed by atoms with van der Waals surface area (Å²) >= 11 is 0. The molecule has 28 heavy (non-hydrogen) atoms. The predicted octanol–water partition coefficient (Wildman–Crippen LogP) is 2.17. The first kappa shape index (κ1) is 19.1. The second-order valence-electron chi connectivity index (χ2n) is 8.03. The third-order valence-corrected chi connectivity index (χ3v) is 7.54. The highest BCUT2D eigenvalue weighted by molar-refractivity contribution is 7.89. The molecule has 1 amide bonds. The average molecular weight is 403 g/mol. The van der Waals surface area contributed by atoms with Gasteiger partial charge in [-0.2, -0.15) is 4.31 Å². The van der Waals surface area contributed by atoms with Crippen LogP contribution >= 0.6 is 0 Å². The van der Waals surface area contributed by atoms with E-state index in [1.54, 1.807) is 23.7 Å². The van der Waals surface area contributed by atoms with Crippen LogP contribution in [0, 0.1) is 5.92 Å². The summed E-state index contributed by atoms with van der Waals surface area (Å²) < 4.78 is 28.8. The molecule has 2 heterocycles. The van der Waals surface area contributed by atoms with Crippen molar-refractivity contribution in [2.45, 2.75) is 42.7 Å². The van der Waals surface area contributed by atoms with Gasteiger partial charge in [0.2, 0.25) is 0 Å². The Morgan fingerprint density at radius 2 is 1.89 bits per heavy atom. The number of piperidine rings is 1. The predicted molar refractivity (Wildman–Crippen MR) is 105 cm³/mol. The van der Waals surface area contributed by atoms with Crippen LogP contribution in [0.25, 0.3) is 0 Å². The first-order valence-electron chi connectivity index (χ1n) is 9.74. The van der Waals surface area contributed by atoms with Crippen LogP contribution in [-0.2, 0) is 17.1 Å². The molecule has 1 aliphatic heterocycles.